The van der Waals surface area contributed by atoms with Gasteiger partial charge in [-0.15, -0.1) is 0 Å². The van der Waals surface area contributed by atoms with Gasteiger partial charge in [-0.05, 0) is 63.1 Å². The number of piperidine rings is 1. The second-order valence-corrected chi connectivity index (χ2v) is 8.38. The summed E-state index contributed by atoms with van der Waals surface area (Å²) < 4.78 is 7.07. The van der Waals surface area contributed by atoms with Gasteiger partial charge in [0.25, 0.3) is 5.91 Å². The average molecular weight is 433 g/mol. The number of para-hydroxylation sites is 1. The normalized spacial score (nSPS) is 16.6. The number of carbonyl (C=O) groups excluding carboxylic acids is 1. The van der Waals surface area contributed by atoms with Crippen LogP contribution >= 0.6 is 0 Å². The van der Waals surface area contributed by atoms with Gasteiger partial charge >= 0.3 is 0 Å². The van der Waals surface area contributed by atoms with Crippen LogP contribution in [0.1, 0.15) is 43.1 Å². The van der Waals surface area contributed by atoms with E-state index in [1.807, 2.05) is 60.7 Å². The summed E-state index contributed by atoms with van der Waals surface area (Å²) in [6, 6.07) is 20.0. The molecule has 1 atom stereocenters. The molecule has 0 bridgehead atoms. The van der Waals surface area contributed by atoms with Crippen molar-refractivity contribution in [2.24, 2.45) is 0 Å². The molecular formula is C26H32N4O2. The first-order chi connectivity index (χ1) is 15.7. The highest BCUT2D eigenvalue weighted by Gasteiger charge is 2.19. The third-order valence-electron chi connectivity index (χ3n) is 6.16. The molecule has 3 aromatic rings. The molecule has 1 saturated heterocycles. The van der Waals surface area contributed by atoms with Gasteiger partial charge in [0, 0.05) is 24.7 Å². The minimum absolute atomic E-state index is 0.109. The van der Waals surface area contributed by atoms with Gasteiger partial charge in [0.2, 0.25) is 0 Å². The lowest BCUT2D eigenvalue weighted by atomic mass is 10.0. The number of nitrogens with zero attached hydrogens (tertiary/aromatic N) is 3. The van der Waals surface area contributed by atoms with Crippen molar-refractivity contribution < 1.29 is 9.53 Å². The smallest absolute Gasteiger partial charge is 0.270 e. The molecule has 2 aromatic carbocycles. The fourth-order valence-corrected chi connectivity index (χ4v) is 4.30. The third-order valence-corrected chi connectivity index (χ3v) is 6.16. The van der Waals surface area contributed by atoms with Gasteiger partial charge < -0.3 is 15.0 Å². The molecule has 1 N–H and O–H groups in total. The van der Waals surface area contributed by atoms with Gasteiger partial charge in [-0.2, -0.15) is 5.10 Å². The van der Waals surface area contributed by atoms with E-state index in [0.29, 0.717) is 18.3 Å². The highest BCUT2D eigenvalue weighted by Crippen LogP contribution is 2.25. The summed E-state index contributed by atoms with van der Waals surface area (Å²) in [5.74, 6) is 0.650. The molecule has 6 heteroatoms. The van der Waals surface area contributed by atoms with Crippen molar-refractivity contribution in [3.8, 4) is 22.7 Å². The molecule has 1 aromatic heterocycles. The lowest BCUT2D eigenvalue weighted by Gasteiger charge is -2.33. The maximum absolute atomic E-state index is 13.1. The summed E-state index contributed by atoms with van der Waals surface area (Å²) >= 11 is 0. The Morgan fingerprint density at radius 1 is 1.12 bits per heavy atom. The Hall–Kier alpha value is -3.12. The Balaban J connectivity index is 1.49. The molecule has 32 heavy (non-hydrogen) atoms. The van der Waals surface area contributed by atoms with Gasteiger partial charge in [0.05, 0.1) is 18.5 Å². The van der Waals surface area contributed by atoms with Crippen molar-refractivity contribution in [2.75, 3.05) is 26.7 Å². The number of amides is 1. The van der Waals surface area contributed by atoms with Crippen molar-refractivity contribution >= 4 is 5.91 Å². The van der Waals surface area contributed by atoms with Crippen LogP contribution in [-0.2, 0) is 0 Å². The molecule has 1 fully saturated rings. The Morgan fingerprint density at radius 3 is 2.75 bits per heavy atom. The van der Waals surface area contributed by atoms with Crippen LogP contribution in [-0.4, -0.2) is 53.4 Å². The SMILES string of the molecule is COc1cccc(-c2cc(C(=O)NCCCN3CCCCC3C)n(-c3ccccc3)n2)c1. The summed E-state index contributed by atoms with van der Waals surface area (Å²) in [4.78, 5) is 15.6. The van der Waals surface area contributed by atoms with Gasteiger partial charge in [-0.25, -0.2) is 4.68 Å². The molecule has 6 nitrogen and oxygen atoms in total. The van der Waals surface area contributed by atoms with Crippen LogP contribution in [0.4, 0.5) is 0 Å². The second kappa shape index (κ2) is 10.5. The van der Waals surface area contributed by atoms with Crippen molar-refractivity contribution in [1.29, 1.82) is 0 Å². The predicted octanol–water partition coefficient (Wildman–Crippen LogP) is 4.54. The van der Waals surface area contributed by atoms with Crippen LogP contribution in [0.25, 0.3) is 16.9 Å². The van der Waals surface area contributed by atoms with E-state index >= 15 is 0 Å². The lowest BCUT2D eigenvalue weighted by molar-refractivity contribution is 0.0941. The zero-order valence-corrected chi connectivity index (χ0v) is 19.0. The van der Waals surface area contributed by atoms with E-state index in [0.717, 1.165) is 35.7 Å². The molecular weight excluding hydrogens is 400 g/mol. The highest BCUT2D eigenvalue weighted by molar-refractivity contribution is 5.94. The number of aromatic nitrogens is 2. The van der Waals surface area contributed by atoms with Crippen LogP contribution in [0.3, 0.4) is 0 Å². The van der Waals surface area contributed by atoms with Crippen LogP contribution in [0.2, 0.25) is 0 Å². The predicted molar refractivity (Wildman–Crippen MR) is 127 cm³/mol. The minimum Gasteiger partial charge on any atom is -0.497 e. The second-order valence-electron chi connectivity index (χ2n) is 8.38. The van der Waals surface area contributed by atoms with Crippen molar-refractivity contribution in [3.63, 3.8) is 0 Å². The number of benzene rings is 2. The molecule has 168 valence electrons. The molecule has 0 radical (unpaired) electrons. The molecule has 1 aliphatic heterocycles. The number of ether oxygens (including phenoxy) is 1. The van der Waals surface area contributed by atoms with Crippen LogP contribution in [0.5, 0.6) is 5.75 Å². The van der Waals surface area contributed by atoms with E-state index in [-0.39, 0.29) is 5.91 Å². The van der Waals surface area contributed by atoms with E-state index in [4.69, 9.17) is 9.84 Å². The maximum Gasteiger partial charge on any atom is 0.270 e. The molecule has 0 spiro atoms. The molecule has 0 saturated carbocycles. The zero-order chi connectivity index (χ0) is 22.3. The summed E-state index contributed by atoms with van der Waals surface area (Å²) in [6.45, 7) is 5.14. The van der Waals surface area contributed by atoms with E-state index in [1.54, 1.807) is 11.8 Å². The number of likely N-dealkylation sites (tertiary alicyclic amines) is 1. The number of rotatable bonds is 8. The molecule has 0 aliphatic carbocycles. The number of hydrogen-bond donors (Lipinski definition) is 1. The molecule has 1 amide bonds. The topological polar surface area (TPSA) is 59.4 Å². The fraction of sp³-hybridized carbons (Fsp3) is 0.385. The number of methoxy groups -OCH3 is 1. The van der Waals surface area contributed by atoms with Crippen molar-refractivity contribution in [3.05, 3.63) is 66.4 Å². The summed E-state index contributed by atoms with van der Waals surface area (Å²) in [5, 5.41) is 7.85. The standard InChI is InChI=1S/C26H32N4O2/c1-20-10-6-7-16-29(20)17-9-15-27-26(31)25-19-24(21-11-8-14-23(18-21)32-2)28-30(25)22-12-4-3-5-13-22/h3-5,8,11-14,18-20H,6-7,9-10,15-17H2,1-2H3,(H,27,31). The number of nitrogens with one attached hydrogen (secondary N) is 1. The quantitative estimate of drug-likeness (QED) is 0.531. The van der Waals surface area contributed by atoms with Crippen LogP contribution in [0, 0.1) is 0 Å². The van der Waals surface area contributed by atoms with Crippen molar-refractivity contribution in [1.82, 2.24) is 20.0 Å². The first-order valence-corrected chi connectivity index (χ1v) is 11.5. The fourth-order valence-electron chi connectivity index (χ4n) is 4.30. The zero-order valence-electron chi connectivity index (χ0n) is 19.0. The summed E-state index contributed by atoms with van der Waals surface area (Å²) in [7, 11) is 1.64. The third kappa shape index (κ3) is 5.19. The van der Waals surface area contributed by atoms with Crippen molar-refractivity contribution in [2.45, 2.75) is 38.6 Å². The van der Waals surface area contributed by atoms with E-state index in [1.165, 1.54) is 25.8 Å². The van der Waals surface area contributed by atoms with Gasteiger partial charge in [-0.3, -0.25) is 4.79 Å². The first-order valence-electron chi connectivity index (χ1n) is 11.5. The van der Waals surface area contributed by atoms with Gasteiger partial charge in [-0.1, -0.05) is 36.8 Å². The van der Waals surface area contributed by atoms with E-state index in [2.05, 4.69) is 17.1 Å². The van der Waals surface area contributed by atoms with Crippen LogP contribution < -0.4 is 10.1 Å². The Labute approximate surface area is 190 Å². The number of carbonyl (C=O) groups is 1. The summed E-state index contributed by atoms with van der Waals surface area (Å²) in [5.41, 5.74) is 3.03. The maximum atomic E-state index is 13.1. The summed E-state index contributed by atoms with van der Waals surface area (Å²) in [6.07, 6.45) is 4.82. The highest BCUT2D eigenvalue weighted by atomic mass is 16.5. The number of hydrogen-bond acceptors (Lipinski definition) is 4. The van der Waals surface area contributed by atoms with Gasteiger partial charge in [0.15, 0.2) is 0 Å². The average Bonchev–Trinajstić information content (AvgIpc) is 3.29. The van der Waals surface area contributed by atoms with E-state index < -0.39 is 0 Å². The molecule has 4 rings (SSSR count). The molecule has 1 aliphatic rings. The molecule has 1 unspecified atom stereocenters. The lowest BCUT2D eigenvalue weighted by Crippen LogP contribution is -2.39. The Morgan fingerprint density at radius 2 is 1.97 bits per heavy atom. The first kappa shape index (κ1) is 22.1. The molecule has 2 heterocycles. The Kier molecular flexibility index (Phi) is 7.22. The Bertz CT molecular complexity index is 1030. The minimum atomic E-state index is -0.109. The monoisotopic (exact) mass is 432 g/mol. The van der Waals surface area contributed by atoms with E-state index in [9.17, 15) is 4.79 Å². The van der Waals surface area contributed by atoms with Crippen LogP contribution in [0.15, 0.2) is 60.7 Å². The van der Waals surface area contributed by atoms with Gasteiger partial charge in [0.1, 0.15) is 11.4 Å². The largest absolute Gasteiger partial charge is 0.497 e.